The average Bonchev–Trinajstić information content (AvgIpc) is 2.48. The van der Waals surface area contributed by atoms with Gasteiger partial charge in [-0.3, -0.25) is 4.79 Å². The Labute approximate surface area is 132 Å². The van der Waals surface area contributed by atoms with E-state index in [9.17, 15) is 4.79 Å². The van der Waals surface area contributed by atoms with Crippen LogP contribution >= 0.6 is 12.6 Å². The molecule has 0 aliphatic heterocycles. The van der Waals surface area contributed by atoms with Crippen molar-refractivity contribution < 1.29 is 4.79 Å². The van der Waals surface area contributed by atoms with Crippen LogP contribution in [0.4, 0.5) is 0 Å². The van der Waals surface area contributed by atoms with Crippen LogP contribution in [-0.2, 0) is 6.42 Å². The highest BCUT2D eigenvalue weighted by Crippen LogP contribution is 2.14. The van der Waals surface area contributed by atoms with Gasteiger partial charge in [0.25, 0.3) is 5.91 Å². The largest absolute Gasteiger partial charge is 0.350 e. The van der Waals surface area contributed by atoms with Crippen molar-refractivity contribution in [1.82, 2.24) is 5.32 Å². The molecule has 0 radical (unpaired) electrons. The molecule has 0 fully saturated rings. The Morgan fingerprint density at radius 1 is 1.19 bits per heavy atom. The number of rotatable bonds is 5. The number of hydrogen-bond acceptors (Lipinski definition) is 2. The smallest absolute Gasteiger partial charge is 0.251 e. The van der Waals surface area contributed by atoms with Crippen molar-refractivity contribution in [3.8, 4) is 0 Å². The van der Waals surface area contributed by atoms with Crippen LogP contribution in [-0.4, -0.2) is 11.9 Å². The highest BCUT2D eigenvalue weighted by atomic mass is 32.1. The molecule has 1 atom stereocenters. The van der Waals surface area contributed by atoms with E-state index in [0.717, 1.165) is 23.3 Å². The van der Waals surface area contributed by atoms with Crippen LogP contribution in [0.5, 0.6) is 0 Å². The summed E-state index contributed by atoms with van der Waals surface area (Å²) in [7, 11) is 0. The predicted molar refractivity (Wildman–Crippen MR) is 90.1 cm³/mol. The second-order valence-corrected chi connectivity index (χ2v) is 5.91. The summed E-state index contributed by atoms with van der Waals surface area (Å²) in [4.78, 5) is 13.1. The quantitative estimate of drug-likeness (QED) is 0.802. The van der Waals surface area contributed by atoms with Crippen molar-refractivity contribution in [3.05, 3.63) is 65.2 Å². The molecule has 21 heavy (non-hydrogen) atoms. The molecule has 0 aliphatic rings. The fourth-order valence-corrected chi connectivity index (χ4v) is 2.46. The van der Waals surface area contributed by atoms with E-state index in [0.29, 0.717) is 5.56 Å². The molecule has 1 unspecified atom stereocenters. The maximum absolute atomic E-state index is 12.3. The molecule has 2 aromatic carbocycles. The minimum Gasteiger partial charge on any atom is -0.350 e. The lowest BCUT2D eigenvalue weighted by Gasteiger charge is -2.15. The molecule has 1 N–H and O–H groups in total. The minimum atomic E-state index is -0.0241. The van der Waals surface area contributed by atoms with Gasteiger partial charge in [-0.15, -0.1) is 12.6 Å². The molecule has 0 bridgehead atoms. The SMILES string of the molecule is Cc1ccc(S)cc1C(=O)NC(C)CCc1ccccc1. The van der Waals surface area contributed by atoms with Crippen molar-refractivity contribution in [1.29, 1.82) is 0 Å². The van der Waals surface area contributed by atoms with Crippen LogP contribution < -0.4 is 5.32 Å². The Balaban J connectivity index is 1.91. The van der Waals surface area contributed by atoms with E-state index in [1.54, 1.807) is 0 Å². The third kappa shape index (κ3) is 4.64. The molecule has 2 rings (SSSR count). The van der Waals surface area contributed by atoms with E-state index < -0.39 is 0 Å². The molecule has 2 aromatic rings. The van der Waals surface area contributed by atoms with Crippen LogP contribution in [0.25, 0.3) is 0 Å². The molecular formula is C18H21NOS. The molecule has 2 nitrogen and oxygen atoms in total. The molecule has 0 aromatic heterocycles. The number of carbonyl (C=O) groups excluding carboxylic acids is 1. The number of nitrogens with one attached hydrogen (secondary N) is 1. The number of amides is 1. The Bertz CT molecular complexity index is 610. The van der Waals surface area contributed by atoms with Crippen LogP contribution in [0.3, 0.4) is 0 Å². The monoisotopic (exact) mass is 299 g/mol. The van der Waals surface area contributed by atoms with Crippen LogP contribution in [0.1, 0.15) is 34.8 Å². The van der Waals surface area contributed by atoms with Crippen LogP contribution in [0.15, 0.2) is 53.4 Å². The molecule has 3 heteroatoms. The van der Waals surface area contributed by atoms with Gasteiger partial charge >= 0.3 is 0 Å². The van der Waals surface area contributed by atoms with Gasteiger partial charge in [0.15, 0.2) is 0 Å². The Morgan fingerprint density at radius 3 is 2.62 bits per heavy atom. The molecular weight excluding hydrogens is 278 g/mol. The summed E-state index contributed by atoms with van der Waals surface area (Å²) in [6, 6.07) is 16.1. The first kappa shape index (κ1) is 15.6. The summed E-state index contributed by atoms with van der Waals surface area (Å²) < 4.78 is 0. The number of aryl methyl sites for hydroxylation is 2. The number of benzene rings is 2. The van der Waals surface area contributed by atoms with Crippen molar-refractivity contribution in [2.24, 2.45) is 0 Å². The Morgan fingerprint density at radius 2 is 1.90 bits per heavy atom. The fourth-order valence-electron chi connectivity index (χ4n) is 2.26. The van der Waals surface area contributed by atoms with E-state index in [4.69, 9.17) is 0 Å². The van der Waals surface area contributed by atoms with Gasteiger partial charge in [-0.25, -0.2) is 0 Å². The third-order valence-corrected chi connectivity index (χ3v) is 3.83. The van der Waals surface area contributed by atoms with Gasteiger partial charge in [0.05, 0.1) is 0 Å². The van der Waals surface area contributed by atoms with Crippen molar-refractivity contribution in [3.63, 3.8) is 0 Å². The van der Waals surface area contributed by atoms with Crippen molar-refractivity contribution in [2.45, 2.75) is 37.6 Å². The lowest BCUT2D eigenvalue weighted by atomic mass is 10.0. The summed E-state index contributed by atoms with van der Waals surface area (Å²) >= 11 is 4.30. The average molecular weight is 299 g/mol. The first-order valence-corrected chi connectivity index (χ1v) is 7.65. The van der Waals surface area contributed by atoms with Crippen LogP contribution in [0, 0.1) is 6.92 Å². The summed E-state index contributed by atoms with van der Waals surface area (Å²) in [6.07, 6.45) is 1.89. The molecule has 0 saturated carbocycles. The van der Waals surface area contributed by atoms with Gasteiger partial charge in [0.1, 0.15) is 0 Å². The van der Waals surface area contributed by atoms with Crippen molar-refractivity contribution >= 4 is 18.5 Å². The second kappa shape index (κ2) is 7.32. The lowest BCUT2D eigenvalue weighted by molar-refractivity contribution is 0.0937. The van der Waals surface area contributed by atoms with E-state index in [1.807, 2.05) is 50.2 Å². The maximum atomic E-state index is 12.3. The van der Waals surface area contributed by atoms with Gasteiger partial charge in [-0.05, 0) is 49.9 Å². The van der Waals surface area contributed by atoms with Gasteiger partial charge in [-0.2, -0.15) is 0 Å². The van der Waals surface area contributed by atoms with Gasteiger partial charge in [0.2, 0.25) is 0 Å². The first-order valence-electron chi connectivity index (χ1n) is 7.20. The number of carbonyl (C=O) groups is 1. The summed E-state index contributed by atoms with van der Waals surface area (Å²) in [6.45, 7) is 3.98. The molecule has 1 amide bonds. The normalized spacial score (nSPS) is 12.0. The Hall–Kier alpha value is -1.74. The summed E-state index contributed by atoms with van der Waals surface area (Å²) in [5.74, 6) is -0.0241. The van der Waals surface area contributed by atoms with Gasteiger partial charge in [0, 0.05) is 16.5 Å². The highest BCUT2D eigenvalue weighted by molar-refractivity contribution is 7.80. The van der Waals surface area contributed by atoms with E-state index in [-0.39, 0.29) is 11.9 Å². The minimum absolute atomic E-state index is 0.0241. The van der Waals surface area contributed by atoms with E-state index in [2.05, 4.69) is 30.1 Å². The maximum Gasteiger partial charge on any atom is 0.251 e. The highest BCUT2D eigenvalue weighted by Gasteiger charge is 2.12. The molecule has 0 spiro atoms. The third-order valence-electron chi connectivity index (χ3n) is 3.55. The first-order chi connectivity index (χ1) is 10.1. The standard InChI is InChI=1S/C18H21NOS/c1-13-8-11-16(21)12-17(13)18(20)19-14(2)9-10-15-6-4-3-5-7-15/h3-8,11-12,14,21H,9-10H2,1-2H3,(H,19,20). The topological polar surface area (TPSA) is 29.1 Å². The van der Waals surface area contributed by atoms with E-state index in [1.165, 1.54) is 5.56 Å². The van der Waals surface area contributed by atoms with Crippen LogP contribution in [0.2, 0.25) is 0 Å². The number of thiol groups is 1. The van der Waals surface area contributed by atoms with Gasteiger partial charge < -0.3 is 5.32 Å². The molecule has 0 heterocycles. The zero-order valence-electron chi connectivity index (χ0n) is 12.5. The molecule has 110 valence electrons. The predicted octanol–water partition coefficient (Wildman–Crippen LogP) is 4.03. The second-order valence-electron chi connectivity index (χ2n) is 5.40. The lowest BCUT2D eigenvalue weighted by Crippen LogP contribution is -2.33. The fraction of sp³-hybridized carbons (Fsp3) is 0.278. The molecule has 0 saturated heterocycles. The van der Waals surface area contributed by atoms with Crippen molar-refractivity contribution in [2.75, 3.05) is 0 Å². The summed E-state index contributed by atoms with van der Waals surface area (Å²) in [5, 5.41) is 3.06. The number of hydrogen-bond donors (Lipinski definition) is 2. The van der Waals surface area contributed by atoms with Gasteiger partial charge in [-0.1, -0.05) is 36.4 Å². The molecule has 0 aliphatic carbocycles. The zero-order valence-corrected chi connectivity index (χ0v) is 13.4. The zero-order chi connectivity index (χ0) is 15.2. The Kier molecular flexibility index (Phi) is 5.45. The van der Waals surface area contributed by atoms with E-state index >= 15 is 0 Å². The summed E-state index contributed by atoms with van der Waals surface area (Å²) in [5.41, 5.74) is 2.97.